The molecule has 0 spiro atoms. The van der Waals surface area contributed by atoms with E-state index in [9.17, 15) is 9.59 Å². The van der Waals surface area contributed by atoms with Crippen LogP contribution < -0.4 is 5.73 Å². The Morgan fingerprint density at radius 3 is 1.94 bits per heavy atom. The number of rotatable bonds is 3. The Morgan fingerprint density at radius 2 is 1.62 bits per heavy atom. The summed E-state index contributed by atoms with van der Waals surface area (Å²) in [5, 5.41) is -0.0657. The lowest BCUT2D eigenvalue weighted by Crippen LogP contribution is -2.49. The first-order valence-corrected chi connectivity index (χ1v) is 5.95. The monoisotopic (exact) mass is 247 g/mol. The average molecular weight is 247 g/mol. The first-order chi connectivity index (χ1) is 6.96. The van der Waals surface area contributed by atoms with Gasteiger partial charge in [0.1, 0.15) is 11.6 Å². The van der Waals surface area contributed by atoms with Gasteiger partial charge in [0.15, 0.2) is 5.12 Å². The summed E-state index contributed by atoms with van der Waals surface area (Å²) in [4.78, 5) is 22.7. The van der Waals surface area contributed by atoms with Gasteiger partial charge in [-0.3, -0.25) is 9.59 Å². The van der Waals surface area contributed by atoms with Crippen LogP contribution in [0, 0.1) is 0 Å². The SMILES string of the molecule is CC(=O)SC(C)(C)[C@H](N)C(=O)OC(C)(C)C. The summed E-state index contributed by atoms with van der Waals surface area (Å²) < 4.78 is 4.52. The Hall–Kier alpha value is -0.550. The van der Waals surface area contributed by atoms with Gasteiger partial charge in [0.25, 0.3) is 0 Å². The molecular weight excluding hydrogens is 226 g/mol. The van der Waals surface area contributed by atoms with E-state index in [0.717, 1.165) is 11.8 Å². The molecule has 0 aliphatic carbocycles. The fourth-order valence-electron chi connectivity index (χ4n) is 1.08. The summed E-state index contributed by atoms with van der Waals surface area (Å²) in [6.45, 7) is 10.3. The van der Waals surface area contributed by atoms with Crippen molar-refractivity contribution in [1.82, 2.24) is 0 Å². The van der Waals surface area contributed by atoms with Crippen molar-refractivity contribution in [3.8, 4) is 0 Å². The predicted molar refractivity (Wildman–Crippen MR) is 66.2 cm³/mol. The van der Waals surface area contributed by atoms with E-state index in [1.54, 1.807) is 34.6 Å². The van der Waals surface area contributed by atoms with Crippen LogP contribution in [0.4, 0.5) is 0 Å². The normalized spacial score (nSPS) is 14.4. The van der Waals surface area contributed by atoms with Crippen molar-refractivity contribution in [3.63, 3.8) is 0 Å². The number of carbonyl (C=O) groups excluding carboxylic acids is 2. The van der Waals surface area contributed by atoms with Crippen molar-refractivity contribution in [1.29, 1.82) is 0 Å². The molecule has 0 amide bonds. The third-order valence-corrected chi connectivity index (χ3v) is 2.88. The summed E-state index contributed by atoms with van der Waals surface area (Å²) in [5.41, 5.74) is 5.24. The first-order valence-electron chi connectivity index (χ1n) is 5.14. The molecule has 0 unspecified atom stereocenters. The fraction of sp³-hybridized carbons (Fsp3) is 0.818. The summed E-state index contributed by atoms with van der Waals surface area (Å²) in [5.74, 6) is -0.480. The van der Waals surface area contributed by atoms with E-state index in [-0.39, 0.29) is 5.12 Å². The van der Waals surface area contributed by atoms with Crippen LogP contribution in [0.3, 0.4) is 0 Å². The van der Waals surface area contributed by atoms with E-state index in [2.05, 4.69) is 0 Å². The van der Waals surface area contributed by atoms with Crippen LogP contribution in [0.15, 0.2) is 0 Å². The molecule has 0 fully saturated rings. The molecule has 0 aliphatic rings. The molecule has 4 nitrogen and oxygen atoms in total. The quantitative estimate of drug-likeness (QED) is 0.769. The summed E-state index contributed by atoms with van der Waals surface area (Å²) in [6.07, 6.45) is 0. The van der Waals surface area contributed by atoms with E-state index < -0.39 is 22.4 Å². The highest BCUT2D eigenvalue weighted by Crippen LogP contribution is 2.29. The van der Waals surface area contributed by atoms with Gasteiger partial charge in [-0.15, -0.1) is 0 Å². The van der Waals surface area contributed by atoms with E-state index in [4.69, 9.17) is 10.5 Å². The van der Waals surface area contributed by atoms with Gasteiger partial charge in [0.05, 0.1) is 0 Å². The molecule has 0 heterocycles. The Morgan fingerprint density at radius 1 is 1.19 bits per heavy atom. The van der Waals surface area contributed by atoms with Crippen molar-refractivity contribution >= 4 is 22.8 Å². The third kappa shape index (κ3) is 5.51. The third-order valence-electron chi connectivity index (χ3n) is 1.82. The minimum atomic E-state index is -0.819. The molecule has 0 aromatic rings. The molecule has 5 heteroatoms. The average Bonchev–Trinajstić information content (AvgIpc) is 1.96. The fourth-order valence-corrected chi connectivity index (χ4v) is 2.05. The Labute approximate surface area is 101 Å². The van der Waals surface area contributed by atoms with Gasteiger partial charge in [-0.05, 0) is 34.6 Å². The molecule has 0 bridgehead atoms. The standard InChI is InChI=1S/C11H21NO3S/c1-7(13)16-11(5,6)8(12)9(14)15-10(2,3)4/h8H,12H2,1-6H3/t8-/m1/s1. The molecule has 0 aromatic heterocycles. The zero-order valence-electron chi connectivity index (χ0n) is 10.8. The van der Waals surface area contributed by atoms with Crippen molar-refractivity contribution in [2.24, 2.45) is 5.73 Å². The van der Waals surface area contributed by atoms with Crippen LogP contribution in [0.1, 0.15) is 41.5 Å². The number of ether oxygens (including phenoxy) is 1. The van der Waals surface area contributed by atoms with Gasteiger partial charge in [-0.2, -0.15) is 0 Å². The molecule has 2 N–H and O–H groups in total. The molecule has 0 rings (SSSR count). The largest absolute Gasteiger partial charge is 0.459 e. The molecular formula is C11H21NO3S. The molecule has 0 radical (unpaired) electrons. The molecule has 0 saturated heterocycles. The number of esters is 1. The van der Waals surface area contributed by atoms with Crippen LogP contribution in [-0.4, -0.2) is 27.5 Å². The predicted octanol–water partition coefficient (Wildman–Crippen LogP) is 1.71. The van der Waals surface area contributed by atoms with Gasteiger partial charge >= 0.3 is 5.97 Å². The number of thioether (sulfide) groups is 1. The second-order valence-electron chi connectivity index (χ2n) is 5.21. The van der Waals surface area contributed by atoms with E-state index >= 15 is 0 Å². The lowest BCUT2D eigenvalue weighted by Gasteiger charge is -2.30. The molecule has 1 atom stereocenters. The number of nitrogens with two attached hydrogens (primary N) is 1. The second-order valence-corrected chi connectivity index (χ2v) is 7.04. The van der Waals surface area contributed by atoms with Gasteiger partial charge in [-0.25, -0.2) is 0 Å². The molecule has 0 aromatic carbocycles. The number of hydrogen-bond acceptors (Lipinski definition) is 5. The van der Waals surface area contributed by atoms with Gasteiger partial charge in [0, 0.05) is 11.7 Å². The summed E-state index contributed by atoms with van der Waals surface area (Å²) in [6, 6.07) is -0.819. The van der Waals surface area contributed by atoms with Crippen LogP contribution in [0.25, 0.3) is 0 Å². The Kier molecular flexibility index (Phi) is 5.01. The maximum Gasteiger partial charge on any atom is 0.324 e. The van der Waals surface area contributed by atoms with E-state index in [1.165, 1.54) is 6.92 Å². The van der Waals surface area contributed by atoms with Crippen molar-refractivity contribution < 1.29 is 14.3 Å². The highest BCUT2D eigenvalue weighted by atomic mass is 32.2. The minimum Gasteiger partial charge on any atom is -0.459 e. The zero-order chi connectivity index (χ0) is 13.1. The molecule has 16 heavy (non-hydrogen) atoms. The van der Waals surface area contributed by atoms with Crippen LogP contribution in [0.5, 0.6) is 0 Å². The highest BCUT2D eigenvalue weighted by Gasteiger charge is 2.36. The van der Waals surface area contributed by atoms with Crippen molar-refractivity contribution in [2.45, 2.75) is 57.9 Å². The lowest BCUT2D eigenvalue weighted by atomic mass is 10.0. The van der Waals surface area contributed by atoms with Crippen LogP contribution in [-0.2, 0) is 14.3 Å². The lowest BCUT2D eigenvalue weighted by molar-refractivity contribution is -0.157. The van der Waals surface area contributed by atoms with Crippen LogP contribution in [0.2, 0.25) is 0 Å². The van der Waals surface area contributed by atoms with Crippen molar-refractivity contribution in [2.75, 3.05) is 0 Å². The van der Waals surface area contributed by atoms with Crippen molar-refractivity contribution in [3.05, 3.63) is 0 Å². The minimum absolute atomic E-state index is 0.0657. The highest BCUT2D eigenvalue weighted by molar-refractivity contribution is 8.14. The Balaban J connectivity index is 4.59. The molecule has 0 saturated carbocycles. The maximum absolute atomic E-state index is 11.7. The van der Waals surface area contributed by atoms with E-state index in [0.29, 0.717) is 0 Å². The summed E-state index contributed by atoms with van der Waals surface area (Å²) >= 11 is 1.05. The Bertz CT molecular complexity index is 281. The van der Waals surface area contributed by atoms with Crippen LogP contribution >= 0.6 is 11.8 Å². The second kappa shape index (κ2) is 5.19. The first kappa shape index (κ1) is 15.4. The topological polar surface area (TPSA) is 69.4 Å². The molecule has 0 aliphatic heterocycles. The smallest absolute Gasteiger partial charge is 0.324 e. The van der Waals surface area contributed by atoms with Gasteiger partial charge < -0.3 is 10.5 Å². The molecule has 94 valence electrons. The maximum atomic E-state index is 11.7. The number of hydrogen-bond donors (Lipinski definition) is 1. The van der Waals surface area contributed by atoms with Gasteiger partial charge in [0.2, 0.25) is 0 Å². The van der Waals surface area contributed by atoms with E-state index in [1.807, 2.05) is 0 Å². The summed E-state index contributed by atoms with van der Waals surface area (Å²) in [7, 11) is 0. The van der Waals surface area contributed by atoms with Gasteiger partial charge in [-0.1, -0.05) is 11.8 Å². The number of carbonyl (C=O) groups is 2. The zero-order valence-corrected chi connectivity index (χ0v) is 11.6.